The van der Waals surface area contributed by atoms with Crippen LogP contribution in [-0.2, 0) is 9.59 Å². The van der Waals surface area contributed by atoms with E-state index in [-0.39, 0.29) is 18.3 Å². The molecule has 76 valence electrons. The summed E-state index contributed by atoms with van der Waals surface area (Å²) in [5, 5.41) is 17.2. The van der Waals surface area contributed by atoms with Crippen LogP contribution >= 0.6 is 0 Å². The van der Waals surface area contributed by atoms with E-state index in [1.54, 1.807) is 0 Å². The molecular weight excluding hydrogens is 178 g/mol. The summed E-state index contributed by atoms with van der Waals surface area (Å²) < 4.78 is 0. The summed E-state index contributed by atoms with van der Waals surface area (Å²) >= 11 is 0. The summed E-state index contributed by atoms with van der Waals surface area (Å²) in [5.41, 5.74) is 4.15. The summed E-state index contributed by atoms with van der Waals surface area (Å²) in [4.78, 5) is 21.0. The summed E-state index contributed by atoms with van der Waals surface area (Å²) in [7, 11) is 0. The molecule has 6 heteroatoms. The molecule has 1 aliphatic carbocycles. The van der Waals surface area contributed by atoms with E-state index in [0.29, 0.717) is 6.42 Å². The highest BCUT2D eigenvalue weighted by Crippen LogP contribution is 2.32. The fraction of sp³-hybridized carbons (Fsp3) is 0.714. The van der Waals surface area contributed by atoms with Gasteiger partial charge in [-0.25, -0.2) is 0 Å². The van der Waals surface area contributed by atoms with Gasteiger partial charge < -0.3 is 21.4 Å². The maximum Gasteiger partial charge on any atom is 0.323 e. The summed E-state index contributed by atoms with van der Waals surface area (Å²) in [5.74, 6) is -2.65. The molecule has 0 aliphatic heterocycles. The van der Waals surface area contributed by atoms with Crippen LogP contribution in [0.1, 0.15) is 19.3 Å². The lowest BCUT2D eigenvalue weighted by Gasteiger charge is -2.16. The first-order valence-electron chi connectivity index (χ1n) is 3.71. The van der Waals surface area contributed by atoms with Crippen molar-refractivity contribution in [3.05, 3.63) is 0 Å². The van der Waals surface area contributed by atoms with Gasteiger partial charge in [0.25, 0.3) is 0 Å². The largest absolute Gasteiger partial charge is 0.481 e. The highest BCUT2D eigenvalue weighted by atomic mass is 16.4. The van der Waals surface area contributed by atoms with Gasteiger partial charge >= 0.3 is 11.9 Å². The average molecular weight is 191 g/mol. The van der Waals surface area contributed by atoms with E-state index >= 15 is 0 Å². The Morgan fingerprint density at radius 3 is 2.15 bits per heavy atom. The van der Waals surface area contributed by atoms with Gasteiger partial charge in [-0.05, 0) is 19.3 Å². The number of rotatable bonds is 2. The standard InChI is InChI=1S/C7H11NO4.H2O/c8-7(6(11)12)2-1-4(3-7)5(9)10;/h4H,1-3,8H2,(H,9,10)(H,11,12);1H2/t4-,7+;/m1./s1. The van der Waals surface area contributed by atoms with Gasteiger partial charge in [0.1, 0.15) is 5.54 Å². The van der Waals surface area contributed by atoms with Gasteiger partial charge in [-0.3, -0.25) is 9.59 Å². The summed E-state index contributed by atoms with van der Waals surface area (Å²) in [6.45, 7) is 0. The lowest BCUT2D eigenvalue weighted by atomic mass is 9.98. The number of hydrogen-bond donors (Lipinski definition) is 3. The molecule has 0 unspecified atom stereocenters. The van der Waals surface area contributed by atoms with E-state index in [1.807, 2.05) is 0 Å². The van der Waals surface area contributed by atoms with Crippen molar-refractivity contribution in [3.63, 3.8) is 0 Å². The van der Waals surface area contributed by atoms with E-state index in [9.17, 15) is 9.59 Å². The Morgan fingerprint density at radius 1 is 1.38 bits per heavy atom. The maximum absolute atomic E-state index is 10.6. The molecule has 13 heavy (non-hydrogen) atoms. The zero-order valence-electron chi connectivity index (χ0n) is 6.99. The monoisotopic (exact) mass is 191 g/mol. The quantitative estimate of drug-likeness (QED) is 0.505. The second-order valence-electron chi connectivity index (χ2n) is 3.24. The number of aliphatic carboxylic acids is 2. The molecule has 6 N–H and O–H groups in total. The molecule has 1 saturated carbocycles. The Morgan fingerprint density at radius 2 is 1.92 bits per heavy atom. The Labute approximate surface area is 74.7 Å². The van der Waals surface area contributed by atoms with Crippen LogP contribution in [0, 0.1) is 5.92 Å². The second kappa shape index (κ2) is 3.71. The molecule has 0 spiro atoms. The fourth-order valence-electron chi connectivity index (χ4n) is 1.48. The Balaban J connectivity index is 0.00000144. The molecular formula is C7H13NO5. The Bertz CT molecular complexity index is 229. The Hall–Kier alpha value is -1.14. The lowest BCUT2D eigenvalue weighted by Crippen LogP contribution is -2.45. The molecule has 0 aromatic heterocycles. The maximum atomic E-state index is 10.6. The van der Waals surface area contributed by atoms with Crippen LogP contribution in [0.3, 0.4) is 0 Å². The minimum atomic E-state index is -1.32. The van der Waals surface area contributed by atoms with Crippen LogP contribution in [0.25, 0.3) is 0 Å². The zero-order valence-corrected chi connectivity index (χ0v) is 6.99. The summed E-state index contributed by atoms with van der Waals surface area (Å²) in [6.07, 6.45) is 0.648. The third-order valence-electron chi connectivity index (χ3n) is 2.32. The topological polar surface area (TPSA) is 132 Å². The first-order chi connectivity index (χ1) is 5.46. The number of carboxylic acid groups (broad SMARTS) is 2. The van der Waals surface area contributed by atoms with Crippen molar-refractivity contribution in [2.24, 2.45) is 11.7 Å². The molecule has 1 rings (SSSR count). The molecule has 0 amide bonds. The minimum Gasteiger partial charge on any atom is -0.481 e. The predicted molar refractivity (Wildman–Crippen MR) is 43.1 cm³/mol. The number of hydrogen-bond acceptors (Lipinski definition) is 3. The van der Waals surface area contributed by atoms with Crippen LogP contribution in [0.15, 0.2) is 0 Å². The van der Waals surface area contributed by atoms with Crippen LogP contribution in [0.5, 0.6) is 0 Å². The van der Waals surface area contributed by atoms with Crippen molar-refractivity contribution >= 4 is 11.9 Å². The van der Waals surface area contributed by atoms with Crippen molar-refractivity contribution in [2.75, 3.05) is 0 Å². The highest BCUT2D eigenvalue weighted by Gasteiger charge is 2.44. The van der Waals surface area contributed by atoms with Gasteiger partial charge in [0.2, 0.25) is 0 Å². The number of nitrogens with two attached hydrogens (primary N) is 1. The normalized spacial score (nSPS) is 32.2. The van der Waals surface area contributed by atoms with E-state index in [0.717, 1.165) is 0 Å². The van der Waals surface area contributed by atoms with Crippen molar-refractivity contribution in [1.29, 1.82) is 0 Å². The van der Waals surface area contributed by atoms with Crippen molar-refractivity contribution in [1.82, 2.24) is 0 Å². The number of carboxylic acids is 2. The first kappa shape index (κ1) is 11.9. The van der Waals surface area contributed by atoms with Crippen molar-refractivity contribution in [3.8, 4) is 0 Å². The third-order valence-corrected chi connectivity index (χ3v) is 2.32. The van der Waals surface area contributed by atoms with Gasteiger partial charge in [-0.1, -0.05) is 0 Å². The lowest BCUT2D eigenvalue weighted by molar-refractivity contribution is -0.144. The SMILES string of the molecule is N[C@@]1(C(=O)O)CC[C@@H](C(=O)O)C1.O. The van der Waals surface area contributed by atoms with Gasteiger partial charge in [-0.2, -0.15) is 0 Å². The van der Waals surface area contributed by atoms with Gasteiger partial charge in [0.05, 0.1) is 5.92 Å². The third kappa shape index (κ3) is 2.16. The molecule has 0 saturated heterocycles. The summed E-state index contributed by atoms with van der Waals surface area (Å²) in [6, 6.07) is 0. The van der Waals surface area contributed by atoms with Gasteiger partial charge in [0.15, 0.2) is 0 Å². The smallest absolute Gasteiger partial charge is 0.323 e. The average Bonchev–Trinajstić information content (AvgIpc) is 2.33. The minimum absolute atomic E-state index is 0. The van der Waals surface area contributed by atoms with Crippen LogP contribution in [0.2, 0.25) is 0 Å². The van der Waals surface area contributed by atoms with Crippen LogP contribution in [-0.4, -0.2) is 33.2 Å². The highest BCUT2D eigenvalue weighted by molar-refractivity contribution is 5.81. The molecule has 0 aromatic rings. The molecule has 6 nitrogen and oxygen atoms in total. The Kier molecular flexibility index (Phi) is 3.39. The van der Waals surface area contributed by atoms with E-state index in [2.05, 4.69) is 0 Å². The zero-order chi connectivity index (χ0) is 9.35. The molecule has 0 aromatic carbocycles. The van der Waals surface area contributed by atoms with Gasteiger partial charge in [0, 0.05) is 0 Å². The van der Waals surface area contributed by atoms with E-state index in [4.69, 9.17) is 15.9 Å². The van der Waals surface area contributed by atoms with Crippen LogP contribution in [0.4, 0.5) is 0 Å². The van der Waals surface area contributed by atoms with Crippen molar-refractivity contribution in [2.45, 2.75) is 24.8 Å². The van der Waals surface area contributed by atoms with E-state index in [1.165, 1.54) is 0 Å². The number of carbonyl (C=O) groups is 2. The molecule has 0 radical (unpaired) electrons. The second-order valence-corrected chi connectivity index (χ2v) is 3.24. The molecule has 1 aliphatic rings. The molecule has 0 bridgehead atoms. The first-order valence-corrected chi connectivity index (χ1v) is 3.71. The fourth-order valence-corrected chi connectivity index (χ4v) is 1.48. The van der Waals surface area contributed by atoms with E-state index < -0.39 is 23.4 Å². The molecule has 0 heterocycles. The molecule has 1 fully saturated rings. The van der Waals surface area contributed by atoms with Crippen LogP contribution < -0.4 is 5.73 Å². The van der Waals surface area contributed by atoms with Gasteiger partial charge in [-0.15, -0.1) is 0 Å². The van der Waals surface area contributed by atoms with Crippen molar-refractivity contribution < 1.29 is 25.3 Å². The molecule has 2 atom stereocenters. The predicted octanol–water partition coefficient (Wildman–Crippen LogP) is -1.17.